The van der Waals surface area contributed by atoms with Crippen LogP contribution in [0.5, 0.6) is 0 Å². The molecule has 0 amide bonds. The van der Waals surface area contributed by atoms with Crippen molar-refractivity contribution >= 4 is 5.82 Å². The van der Waals surface area contributed by atoms with Crippen molar-refractivity contribution in [2.24, 2.45) is 0 Å². The van der Waals surface area contributed by atoms with Crippen molar-refractivity contribution in [3.8, 4) is 11.1 Å². The minimum absolute atomic E-state index is 0.552. The number of nitrogen functional groups attached to an aromatic ring is 1. The van der Waals surface area contributed by atoms with E-state index in [0.29, 0.717) is 5.82 Å². The lowest BCUT2D eigenvalue weighted by Crippen LogP contribution is -1.94. The minimum atomic E-state index is 0.552. The maximum absolute atomic E-state index is 5.60. The smallest absolute Gasteiger partial charge is 0.123 e. The molecule has 0 saturated heterocycles. The van der Waals surface area contributed by atoms with Gasteiger partial charge in [0.15, 0.2) is 0 Å². The largest absolute Gasteiger partial charge is 0.384 e. The first-order chi connectivity index (χ1) is 7.16. The van der Waals surface area contributed by atoms with Crippen LogP contribution < -0.4 is 5.73 Å². The SMILES string of the molecule is Cc1ccc(-c2ccc(N)nc2C)cn1. The molecule has 0 saturated carbocycles. The fourth-order valence-electron chi connectivity index (χ4n) is 1.51. The number of nitrogens with two attached hydrogens (primary N) is 1. The molecular weight excluding hydrogens is 186 g/mol. The summed E-state index contributed by atoms with van der Waals surface area (Å²) in [5, 5.41) is 0. The normalized spacial score (nSPS) is 10.3. The zero-order chi connectivity index (χ0) is 10.8. The molecule has 0 radical (unpaired) electrons. The van der Waals surface area contributed by atoms with Crippen molar-refractivity contribution in [1.29, 1.82) is 0 Å². The van der Waals surface area contributed by atoms with Gasteiger partial charge in [0.05, 0.1) is 0 Å². The van der Waals surface area contributed by atoms with Gasteiger partial charge in [-0.3, -0.25) is 4.98 Å². The van der Waals surface area contributed by atoms with Gasteiger partial charge in [0, 0.05) is 28.7 Å². The van der Waals surface area contributed by atoms with E-state index in [1.54, 1.807) is 0 Å². The van der Waals surface area contributed by atoms with Crippen LogP contribution in [0.3, 0.4) is 0 Å². The van der Waals surface area contributed by atoms with Crippen LogP contribution in [-0.2, 0) is 0 Å². The van der Waals surface area contributed by atoms with Gasteiger partial charge in [0.1, 0.15) is 5.82 Å². The zero-order valence-electron chi connectivity index (χ0n) is 8.86. The van der Waals surface area contributed by atoms with Crippen LogP contribution in [0, 0.1) is 13.8 Å². The first-order valence-electron chi connectivity index (χ1n) is 4.83. The third-order valence-corrected chi connectivity index (χ3v) is 2.33. The highest BCUT2D eigenvalue weighted by atomic mass is 14.8. The summed E-state index contributed by atoms with van der Waals surface area (Å²) in [6.07, 6.45) is 1.86. The minimum Gasteiger partial charge on any atom is -0.384 e. The molecule has 3 heteroatoms. The monoisotopic (exact) mass is 199 g/mol. The van der Waals surface area contributed by atoms with Crippen LogP contribution in [0.4, 0.5) is 5.82 Å². The first kappa shape index (κ1) is 9.65. The molecule has 0 aromatic carbocycles. The van der Waals surface area contributed by atoms with Gasteiger partial charge in [-0.05, 0) is 32.0 Å². The standard InChI is InChI=1S/C12H13N3/c1-8-3-4-10(7-14-8)11-5-6-12(13)15-9(11)2/h3-7H,1-2H3,(H2,13,15). The summed E-state index contributed by atoms with van der Waals surface area (Å²) < 4.78 is 0. The van der Waals surface area contributed by atoms with Crippen LogP contribution >= 0.6 is 0 Å². The number of pyridine rings is 2. The highest BCUT2D eigenvalue weighted by Crippen LogP contribution is 2.22. The van der Waals surface area contributed by atoms with Gasteiger partial charge in [-0.15, -0.1) is 0 Å². The van der Waals surface area contributed by atoms with E-state index in [-0.39, 0.29) is 0 Å². The summed E-state index contributed by atoms with van der Waals surface area (Å²) in [5.41, 5.74) is 9.70. The summed E-state index contributed by atoms with van der Waals surface area (Å²) in [5.74, 6) is 0.552. The fraction of sp³-hybridized carbons (Fsp3) is 0.167. The Morgan fingerprint density at radius 1 is 1.07 bits per heavy atom. The van der Waals surface area contributed by atoms with Gasteiger partial charge >= 0.3 is 0 Å². The Morgan fingerprint density at radius 2 is 1.87 bits per heavy atom. The van der Waals surface area contributed by atoms with Crippen molar-refractivity contribution < 1.29 is 0 Å². The van der Waals surface area contributed by atoms with Crippen molar-refractivity contribution in [3.63, 3.8) is 0 Å². The molecule has 0 bridgehead atoms. The molecule has 0 aliphatic rings. The molecule has 0 aliphatic heterocycles. The molecule has 0 spiro atoms. The topological polar surface area (TPSA) is 51.8 Å². The number of nitrogens with zero attached hydrogens (tertiary/aromatic N) is 2. The lowest BCUT2D eigenvalue weighted by atomic mass is 10.1. The third kappa shape index (κ3) is 1.96. The Labute approximate surface area is 89.0 Å². The van der Waals surface area contributed by atoms with Crippen molar-refractivity contribution in [1.82, 2.24) is 9.97 Å². The molecular formula is C12H13N3. The molecule has 2 heterocycles. The molecule has 3 nitrogen and oxygen atoms in total. The summed E-state index contributed by atoms with van der Waals surface area (Å²) in [6, 6.07) is 7.82. The number of hydrogen-bond donors (Lipinski definition) is 1. The Balaban J connectivity index is 2.49. The highest BCUT2D eigenvalue weighted by Gasteiger charge is 2.03. The number of aryl methyl sites for hydroxylation is 2. The van der Waals surface area contributed by atoms with E-state index >= 15 is 0 Å². The number of anilines is 1. The van der Waals surface area contributed by atoms with Crippen molar-refractivity contribution in [2.45, 2.75) is 13.8 Å². The maximum atomic E-state index is 5.60. The Morgan fingerprint density at radius 3 is 2.47 bits per heavy atom. The summed E-state index contributed by atoms with van der Waals surface area (Å²) in [4.78, 5) is 8.48. The van der Waals surface area contributed by atoms with E-state index in [9.17, 15) is 0 Å². The zero-order valence-corrected chi connectivity index (χ0v) is 8.86. The molecule has 0 fully saturated rings. The molecule has 0 aliphatic carbocycles. The van der Waals surface area contributed by atoms with E-state index in [0.717, 1.165) is 22.5 Å². The lowest BCUT2D eigenvalue weighted by molar-refractivity contribution is 1.18. The van der Waals surface area contributed by atoms with Crippen LogP contribution in [0.15, 0.2) is 30.5 Å². The van der Waals surface area contributed by atoms with E-state index in [2.05, 4.69) is 9.97 Å². The quantitative estimate of drug-likeness (QED) is 0.767. The van der Waals surface area contributed by atoms with Crippen LogP contribution in [-0.4, -0.2) is 9.97 Å². The average molecular weight is 199 g/mol. The van der Waals surface area contributed by atoms with Crippen LogP contribution in [0.2, 0.25) is 0 Å². The summed E-state index contributed by atoms with van der Waals surface area (Å²) >= 11 is 0. The van der Waals surface area contributed by atoms with Gasteiger partial charge in [-0.1, -0.05) is 6.07 Å². The lowest BCUT2D eigenvalue weighted by Gasteiger charge is -2.05. The molecule has 2 N–H and O–H groups in total. The molecule has 15 heavy (non-hydrogen) atoms. The Bertz CT molecular complexity index is 475. The molecule has 0 atom stereocenters. The van der Waals surface area contributed by atoms with E-state index in [1.807, 2.05) is 44.3 Å². The fourth-order valence-corrected chi connectivity index (χ4v) is 1.51. The van der Waals surface area contributed by atoms with E-state index < -0.39 is 0 Å². The van der Waals surface area contributed by atoms with E-state index in [1.165, 1.54) is 0 Å². The molecule has 2 rings (SSSR count). The molecule has 0 unspecified atom stereocenters. The first-order valence-corrected chi connectivity index (χ1v) is 4.83. The van der Waals surface area contributed by atoms with E-state index in [4.69, 9.17) is 5.73 Å². The van der Waals surface area contributed by atoms with Crippen molar-refractivity contribution in [3.05, 3.63) is 41.9 Å². The summed E-state index contributed by atoms with van der Waals surface area (Å²) in [6.45, 7) is 3.92. The summed E-state index contributed by atoms with van der Waals surface area (Å²) in [7, 11) is 0. The van der Waals surface area contributed by atoms with Crippen LogP contribution in [0.1, 0.15) is 11.4 Å². The second-order valence-corrected chi connectivity index (χ2v) is 3.56. The van der Waals surface area contributed by atoms with Gasteiger partial charge in [-0.25, -0.2) is 4.98 Å². The number of hydrogen-bond acceptors (Lipinski definition) is 3. The van der Waals surface area contributed by atoms with Gasteiger partial charge in [-0.2, -0.15) is 0 Å². The predicted molar refractivity (Wildman–Crippen MR) is 61.4 cm³/mol. The highest BCUT2D eigenvalue weighted by molar-refractivity contribution is 5.65. The number of aromatic nitrogens is 2. The van der Waals surface area contributed by atoms with Gasteiger partial charge < -0.3 is 5.73 Å². The van der Waals surface area contributed by atoms with Gasteiger partial charge in [0.25, 0.3) is 0 Å². The third-order valence-electron chi connectivity index (χ3n) is 2.33. The Kier molecular flexibility index (Phi) is 2.37. The molecule has 2 aromatic rings. The van der Waals surface area contributed by atoms with Gasteiger partial charge in [0.2, 0.25) is 0 Å². The Hall–Kier alpha value is -1.90. The number of rotatable bonds is 1. The second kappa shape index (κ2) is 3.69. The van der Waals surface area contributed by atoms with Crippen molar-refractivity contribution in [2.75, 3.05) is 5.73 Å². The maximum Gasteiger partial charge on any atom is 0.123 e. The second-order valence-electron chi connectivity index (χ2n) is 3.56. The molecule has 2 aromatic heterocycles. The predicted octanol–water partition coefficient (Wildman–Crippen LogP) is 2.34. The van der Waals surface area contributed by atoms with Crippen LogP contribution in [0.25, 0.3) is 11.1 Å². The molecule has 76 valence electrons. The average Bonchev–Trinajstić information content (AvgIpc) is 2.20.